The van der Waals surface area contributed by atoms with Crippen molar-refractivity contribution in [3.8, 4) is 0 Å². The summed E-state index contributed by atoms with van der Waals surface area (Å²) in [7, 11) is 0. The molecule has 1 aromatic rings. The van der Waals surface area contributed by atoms with Gasteiger partial charge in [-0.25, -0.2) is 0 Å². The third kappa shape index (κ3) is 6.81. The molecule has 138 valence electrons. The van der Waals surface area contributed by atoms with Crippen LogP contribution in [-0.4, -0.2) is 34.5 Å². The Hall–Kier alpha value is -1.36. The van der Waals surface area contributed by atoms with Crippen molar-refractivity contribution in [2.24, 2.45) is 5.92 Å². The van der Waals surface area contributed by atoms with Gasteiger partial charge in [0.2, 0.25) is 0 Å². The van der Waals surface area contributed by atoms with Gasteiger partial charge in [0.15, 0.2) is 0 Å². The molecule has 0 heterocycles. The number of hydrogen-bond donors (Lipinski definition) is 2. The van der Waals surface area contributed by atoms with Crippen LogP contribution in [0.1, 0.15) is 44.6 Å². The molecule has 0 aliphatic heterocycles. The van der Waals surface area contributed by atoms with E-state index in [2.05, 4.69) is 0 Å². The van der Waals surface area contributed by atoms with Crippen molar-refractivity contribution in [3.63, 3.8) is 0 Å². The zero-order valence-electron chi connectivity index (χ0n) is 14.7. The first-order chi connectivity index (χ1) is 11.9. The quantitative estimate of drug-likeness (QED) is 0.570. The monoisotopic (exact) mass is 366 g/mol. The maximum atomic E-state index is 11.7. The lowest BCUT2D eigenvalue weighted by Crippen LogP contribution is -2.37. The normalized spacial score (nSPS) is 25.0. The molecule has 1 aliphatic rings. The van der Waals surface area contributed by atoms with Crippen LogP contribution in [-0.2, 0) is 16.0 Å². The Kier molecular flexibility index (Phi) is 7.48. The molecule has 2 N–H and O–H groups in total. The number of hydrogen-bond acceptors (Lipinski definition) is 4. The minimum Gasteiger partial charge on any atom is -0.466 e. The molecule has 0 bridgehead atoms. The molecular weight excluding hydrogens is 340 g/mol. The van der Waals surface area contributed by atoms with Gasteiger partial charge in [0.25, 0.3) is 0 Å². The summed E-state index contributed by atoms with van der Waals surface area (Å²) >= 11 is 5.86. The Morgan fingerprint density at radius 1 is 1.44 bits per heavy atom. The van der Waals surface area contributed by atoms with E-state index in [1.807, 2.05) is 30.3 Å². The second-order valence-corrected chi connectivity index (χ2v) is 7.28. The van der Waals surface area contributed by atoms with E-state index in [1.165, 1.54) is 0 Å². The standard InChI is InChI=1S/C20H27ClO4/c1-2-25-19(23)14-20(24)11-3-4-16(13-20)7-10-18(22)12-15-5-8-17(21)9-6-15/h5-10,16,18,22,24H,2-4,11-14H2,1H3. The lowest BCUT2D eigenvalue weighted by Gasteiger charge is -2.35. The number of rotatable bonds is 7. The van der Waals surface area contributed by atoms with E-state index >= 15 is 0 Å². The molecular formula is C20H27ClO4. The highest BCUT2D eigenvalue weighted by molar-refractivity contribution is 6.30. The maximum absolute atomic E-state index is 11.7. The minimum absolute atomic E-state index is 0.0402. The summed E-state index contributed by atoms with van der Waals surface area (Å²) in [6, 6.07) is 7.42. The highest BCUT2D eigenvalue weighted by Crippen LogP contribution is 2.35. The van der Waals surface area contributed by atoms with E-state index < -0.39 is 11.7 Å². The number of carbonyl (C=O) groups is 1. The molecule has 0 radical (unpaired) electrons. The Morgan fingerprint density at radius 2 is 2.16 bits per heavy atom. The number of ether oxygens (including phenoxy) is 1. The summed E-state index contributed by atoms with van der Waals surface area (Å²) in [6.45, 7) is 2.09. The van der Waals surface area contributed by atoms with Crippen molar-refractivity contribution in [2.45, 2.75) is 57.2 Å². The van der Waals surface area contributed by atoms with E-state index in [4.69, 9.17) is 16.3 Å². The predicted molar refractivity (Wildman–Crippen MR) is 98.5 cm³/mol. The summed E-state index contributed by atoms with van der Waals surface area (Å²) in [5, 5.41) is 21.5. The number of aliphatic hydroxyl groups excluding tert-OH is 1. The molecule has 2 rings (SSSR count). The molecule has 0 saturated heterocycles. The first-order valence-corrected chi connectivity index (χ1v) is 9.27. The molecule has 1 saturated carbocycles. The molecule has 0 spiro atoms. The SMILES string of the molecule is CCOC(=O)CC1(O)CCCC(C=CC(O)Cc2ccc(Cl)cc2)C1. The van der Waals surface area contributed by atoms with Gasteiger partial charge in [0.1, 0.15) is 0 Å². The lowest BCUT2D eigenvalue weighted by atomic mass is 9.76. The van der Waals surface area contributed by atoms with Gasteiger partial charge >= 0.3 is 5.97 Å². The maximum Gasteiger partial charge on any atom is 0.308 e. The Labute approximate surface area is 154 Å². The van der Waals surface area contributed by atoms with Crippen molar-refractivity contribution in [3.05, 3.63) is 47.0 Å². The van der Waals surface area contributed by atoms with Crippen molar-refractivity contribution in [1.29, 1.82) is 0 Å². The van der Waals surface area contributed by atoms with Gasteiger partial charge in [-0.05, 0) is 56.2 Å². The molecule has 0 aromatic heterocycles. The van der Waals surface area contributed by atoms with E-state index in [9.17, 15) is 15.0 Å². The Morgan fingerprint density at radius 3 is 2.84 bits per heavy atom. The third-order valence-corrected chi connectivity index (χ3v) is 4.85. The van der Waals surface area contributed by atoms with E-state index in [-0.39, 0.29) is 18.3 Å². The molecule has 3 unspecified atom stereocenters. The van der Waals surface area contributed by atoms with Crippen LogP contribution >= 0.6 is 11.6 Å². The van der Waals surface area contributed by atoms with Crippen LogP contribution in [0.15, 0.2) is 36.4 Å². The molecule has 4 nitrogen and oxygen atoms in total. The minimum atomic E-state index is -0.999. The second-order valence-electron chi connectivity index (χ2n) is 6.85. The van der Waals surface area contributed by atoms with Crippen LogP contribution in [0.25, 0.3) is 0 Å². The zero-order chi connectivity index (χ0) is 18.3. The first kappa shape index (κ1) is 20.0. The van der Waals surface area contributed by atoms with Crippen LogP contribution in [0.5, 0.6) is 0 Å². The van der Waals surface area contributed by atoms with Crippen molar-refractivity contribution in [2.75, 3.05) is 6.61 Å². The van der Waals surface area contributed by atoms with Crippen LogP contribution in [0.2, 0.25) is 5.02 Å². The fourth-order valence-corrected chi connectivity index (χ4v) is 3.53. The van der Waals surface area contributed by atoms with Gasteiger partial charge in [0.05, 0.1) is 24.7 Å². The number of carbonyl (C=O) groups excluding carboxylic acids is 1. The van der Waals surface area contributed by atoms with Gasteiger partial charge in [-0.3, -0.25) is 4.79 Å². The Bertz CT molecular complexity index is 584. The zero-order valence-corrected chi connectivity index (χ0v) is 15.4. The van der Waals surface area contributed by atoms with Gasteiger partial charge in [0, 0.05) is 11.4 Å². The summed E-state index contributed by atoms with van der Waals surface area (Å²) in [4.78, 5) is 11.7. The number of benzene rings is 1. The number of halogens is 1. The van der Waals surface area contributed by atoms with E-state index in [0.717, 1.165) is 18.4 Å². The van der Waals surface area contributed by atoms with E-state index in [1.54, 1.807) is 13.0 Å². The smallest absolute Gasteiger partial charge is 0.308 e. The number of allylic oxidation sites excluding steroid dienone is 1. The predicted octanol–water partition coefficient (Wildman–Crippen LogP) is 3.67. The molecule has 3 atom stereocenters. The molecule has 1 aliphatic carbocycles. The van der Waals surface area contributed by atoms with Crippen molar-refractivity contribution in [1.82, 2.24) is 0 Å². The van der Waals surface area contributed by atoms with Crippen molar-refractivity contribution >= 4 is 17.6 Å². The van der Waals surface area contributed by atoms with Gasteiger partial charge in [-0.2, -0.15) is 0 Å². The summed E-state index contributed by atoms with van der Waals surface area (Å²) < 4.78 is 4.95. The molecule has 5 heteroatoms. The average Bonchev–Trinajstić information content (AvgIpc) is 2.55. The largest absolute Gasteiger partial charge is 0.466 e. The summed E-state index contributed by atoms with van der Waals surface area (Å²) in [5.74, 6) is -0.189. The lowest BCUT2D eigenvalue weighted by molar-refractivity contribution is -0.150. The fraction of sp³-hybridized carbons (Fsp3) is 0.550. The highest BCUT2D eigenvalue weighted by atomic mass is 35.5. The van der Waals surface area contributed by atoms with Crippen molar-refractivity contribution < 1.29 is 19.7 Å². The van der Waals surface area contributed by atoms with Crippen LogP contribution in [0, 0.1) is 5.92 Å². The van der Waals surface area contributed by atoms with Crippen LogP contribution < -0.4 is 0 Å². The van der Waals surface area contributed by atoms with Crippen LogP contribution in [0.4, 0.5) is 0 Å². The fourth-order valence-electron chi connectivity index (χ4n) is 3.41. The molecule has 1 fully saturated rings. The topological polar surface area (TPSA) is 66.8 Å². The van der Waals surface area contributed by atoms with E-state index in [0.29, 0.717) is 30.9 Å². The van der Waals surface area contributed by atoms with Gasteiger partial charge < -0.3 is 14.9 Å². The Balaban J connectivity index is 1.87. The number of aliphatic hydroxyl groups is 2. The molecule has 25 heavy (non-hydrogen) atoms. The summed E-state index contributed by atoms with van der Waals surface area (Å²) in [5.41, 5.74) is 0.0182. The highest BCUT2D eigenvalue weighted by Gasteiger charge is 2.35. The van der Waals surface area contributed by atoms with Gasteiger partial charge in [-0.1, -0.05) is 35.9 Å². The second kappa shape index (κ2) is 9.37. The molecule has 0 amide bonds. The summed E-state index contributed by atoms with van der Waals surface area (Å²) in [6.07, 6.45) is 6.69. The average molecular weight is 367 g/mol. The first-order valence-electron chi connectivity index (χ1n) is 8.89. The molecule has 1 aromatic carbocycles. The number of esters is 1. The third-order valence-electron chi connectivity index (χ3n) is 4.60. The van der Waals surface area contributed by atoms with Gasteiger partial charge in [-0.15, -0.1) is 0 Å². The van der Waals surface area contributed by atoms with Crippen LogP contribution in [0.3, 0.4) is 0 Å².